The first kappa shape index (κ1) is 24.6. The molecule has 2 fully saturated rings. The number of hydrogen-bond acceptors (Lipinski definition) is 7. The summed E-state index contributed by atoms with van der Waals surface area (Å²) in [5.41, 5.74) is 1.61. The van der Waals surface area contributed by atoms with Crippen LogP contribution in [0.4, 0.5) is 0 Å². The summed E-state index contributed by atoms with van der Waals surface area (Å²) >= 11 is 0. The van der Waals surface area contributed by atoms with Crippen LogP contribution in [0.5, 0.6) is 11.5 Å². The van der Waals surface area contributed by atoms with E-state index in [4.69, 9.17) is 13.9 Å². The van der Waals surface area contributed by atoms with Gasteiger partial charge in [0.1, 0.15) is 17.6 Å². The summed E-state index contributed by atoms with van der Waals surface area (Å²) in [6, 6.07) is 17.6. The minimum atomic E-state index is -0.811. The highest BCUT2D eigenvalue weighted by molar-refractivity contribution is 6.46. The maximum absolute atomic E-state index is 13.4. The summed E-state index contributed by atoms with van der Waals surface area (Å²) in [6.45, 7) is 2.43. The standard InChI is InChI=1S/C29H30N2O6/c1-35-22-11-10-20(17-24(22)36-2)27(32)25-26(23-9-6-16-37-23)31(29(34)28(25)33)21-12-14-30(15-13-21)18-19-7-4-3-5-8-19/h3-11,16-17,21,26,32H,12-15,18H2,1-2H3/b27-25-. The lowest BCUT2D eigenvalue weighted by Crippen LogP contribution is -2.46. The van der Waals surface area contributed by atoms with Crippen molar-refractivity contribution in [2.75, 3.05) is 27.3 Å². The number of aliphatic hydroxyl groups excluding tert-OH is 1. The van der Waals surface area contributed by atoms with Gasteiger partial charge >= 0.3 is 0 Å². The molecular formula is C29H30N2O6. The SMILES string of the molecule is COc1ccc(/C(O)=C2/C(=O)C(=O)N(C3CCN(Cc4ccccc4)CC3)C2c2ccco2)cc1OC. The number of hydrogen-bond donors (Lipinski definition) is 1. The predicted molar refractivity (Wildman–Crippen MR) is 137 cm³/mol. The molecule has 3 heterocycles. The number of ether oxygens (including phenoxy) is 2. The summed E-state index contributed by atoms with van der Waals surface area (Å²) in [5.74, 6) is -0.284. The molecule has 2 aromatic carbocycles. The zero-order chi connectivity index (χ0) is 25.9. The summed E-state index contributed by atoms with van der Waals surface area (Å²) < 4.78 is 16.3. The van der Waals surface area contributed by atoms with Crippen LogP contribution in [0.15, 0.2) is 76.9 Å². The molecule has 8 heteroatoms. The number of piperidine rings is 1. The van der Waals surface area contributed by atoms with Gasteiger partial charge in [-0.05, 0) is 48.7 Å². The van der Waals surface area contributed by atoms with E-state index in [9.17, 15) is 14.7 Å². The molecule has 3 aromatic rings. The third-order valence-electron chi connectivity index (χ3n) is 7.15. The monoisotopic (exact) mass is 502 g/mol. The Labute approximate surface area is 215 Å². The fourth-order valence-electron chi connectivity index (χ4n) is 5.29. The van der Waals surface area contributed by atoms with Crippen molar-refractivity contribution in [3.8, 4) is 11.5 Å². The molecule has 1 aromatic heterocycles. The number of carbonyl (C=O) groups is 2. The molecule has 1 unspecified atom stereocenters. The topological polar surface area (TPSA) is 92.5 Å². The third kappa shape index (κ3) is 4.72. The van der Waals surface area contributed by atoms with Crippen LogP contribution in [0.25, 0.3) is 5.76 Å². The van der Waals surface area contributed by atoms with Crippen molar-refractivity contribution in [3.63, 3.8) is 0 Å². The summed E-state index contributed by atoms with van der Waals surface area (Å²) in [4.78, 5) is 30.7. The maximum Gasteiger partial charge on any atom is 0.296 e. The van der Waals surface area contributed by atoms with Crippen molar-refractivity contribution in [3.05, 3.63) is 89.4 Å². The average molecular weight is 503 g/mol. The number of methoxy groups -OCH3 is 2. The second-order valence-corrected chi connectivity index (χ2v) is 9.28. The molecule has 0 saturated carbocycles. The molecule has 192 valence electrons. The van der Waals surface area contributed by atoms with Crippen LogP contribution in [0.3, 0.4) is 0 Å². The van der Waals surface area contributed by atoms with Gasteiger partial charge in [-0.3, -0.25) is 14.5 Å². The van der Waals surface area contributed by atoms with Gasteiger partial charge in [0.25, 0.3) is 11.7 Å². The van der Waals surface area contributed by atoms with E-state index in [1.54, 1.807) is 35.2 Å². The largest absolute Gasteiger partial charge is 0.507 e. The van der Waals surface area contributed by atoms with E-state index < -0.39 is 17.7 Å². The van der Waals surface area contributed by atoms with Gasteiger partial charge in [-0.2, -0.15) is 0 Å². The Morgan fingerprint density at radius 2 is 1.70 bits per heavy atom. The van der Waals surface area contributed by atoms with Crippen LogP contribution in [0, 0.1) is 0 Å². The Balaban J connectivity index is 1.45. The highest BCUT2D eigenvalue weighted by Gasteiger charge is 2.50. The Hall–Kier alpha value is -4.04. The number of aliphatic hydroxyl groups is 1. The Morgan fingerprint density at radius 3 is 2.35 bits per heavy atom. The van der Waals surface area contributed by atoms with Crippen molar-refractivity contribution >= 4 is 17.4 Å². The minimum absolute atomic E-state index is 0.0129. The highest BCUT2D eigenvalue weighted by Crippen LogP contribution is 2.43. The van der Waals surface area contributed by atoms with Gasteiger partial charge in [-0.25, -0.2) is 0 Å². The van der Waals surface area contributed by atoms with Gasteiger partial charge in [0.15, 0.2) is 11.5 Å². The zero-order valence-corrected chi connectivity index (χ0v) is 20.9. The Morgan fingerprint density at radius 1 is 0.973 bits per heavy atom. The predicted octanol–water partition coefficient (Wildman–Crippen LogP) is 4.38. The van der Waals surface area contributed by atoms with Gasteiger partial charge in [0.2, 0.25) is 0 Å². The number of nitrogens with zero attached hydrogens (tertiary/aromatic N) is 2. The van der Waals surface area contributed by atoms with Crippen molar-refractivity contribution in [1.29, 1.82) is 0 Å². The number of benzene rings is 2. The Bertz CT molecular complexity index is 1290. The van der Waals surface area contributed by atoms with E-state index in [1.165, 1.54) is 26.0 Å². The zero-order valence-electron chi connectivity index (χ0n) is 20.9. The minimum Gasteiger partial charge on any atom is -0.507 e. The first-order valence-electron chi connectivity index (χ1n) is 12.3. The van der Waals surface area contributed by atoms with E-state index in [-0.39, 0.29) is 17.4 Å². The molecule has 0 aliphatic carbocycles. The third-order valence-corrected chi connectivity index (χ3v) is 7.15. The lowest BCUT2D eigenvalue weighted by molar-refractivity contribution is -0.142. The second-order valence-electron chi connectivity index (χ2n) is 9.28. The molecule has 2 aliphatic rings. The average Bonchev–Trinajstić information content (AvgIpc) is 3.56. The van der Waals surface area contributed by atoms with Crippen molar-refractivity contribution in [1.82, 2.24) is 9.80 Å². The number of ketones is 1. The van der Waals surface area contributed by atoms with Crippen LogP contribution < -0.4 is 9.47 Å². The molecule has 37 heavy (non-hydrogen) atoms. The van der Waals surface area contributed by atoms with Crippen LogP contribution in [-0.2, 0) is 16.1 Å². The van der Waals surface area contributed by atoms with E-state index >= 15 is 0 Å². The van der Waals surface area contributed by atoms with Crippen LogP contribution in [0.1, 0.15) is 35.8 Å². The number of rotatable bonds is 7. The van der Waals surface area contributed by atoms with Crippen LogP contribution >= 0.6 is 0 Å². The van der Waals surface area contributed by atoms with Gasteiger partial charge in [0.05, 0.1) is 26.1 Å². The molecule has 1 amide bonds. The lowest BCUT2D eigenvalue weighted by Gasteiger charge is -2.38. The van der Waals surface area contributed by atoms with Gasteiger partial charge in [-0.1, -0.05) is 30.3 Å². The smallest absolute Gasteiger partial charge is 0.296 e. The molecular weight excluding hydrogens is 472 g/mol. The molecule has 0 bridgehead atoms. The fraction of sp³-hybridized carbons (Fsp3) is 0.310. The maximum atomic E-state index is 13.4. The summed E-state index contributed by atoms with van der Waals surface area (Å²) in [7, 11) is 3.01. The molecule has 2 aliphatic heterocycles. The molecule has 1 N–H and O–H groups in total. The molecule has 5 rings (SSSR count). The second kappa shape index (κ2) is 10.5. The van der Waals surface area contributed by atoms with E-state index in [1.807, 2.05) is 18.2 Å². The van der Waals surface area contributed by atoms with E-state index in [2.05, 4.69) is 17.0 Å². The lowest BCUT2D eigenvalue weighted by atomic mass is 9.97. The molecule has 8 nitrogen and oxygen atoms in total. The number of furan rings is 1. The van der Waals surface area contributed by atoms with E-state index in [0.29, 0.717) is 35.7 Å². The van der Waals surface area contributed by atoms with Crippen molar-refractivity contribution in [2.24, 2.45) is 0 Å². The molecule has 0 radical (unpaired) electrons. The highest BCUT2D eigenvalue weighted by atomic mass is 16.5. The number of Topliss-reactive ketones (excluding diaryl/α,β-unsaturated/α-hetero) is 1. The van der Waals surface area contributed by atoms with Crippen molar-refractivity contribution < 1.29 is 28.6 Å². The van der Waals surface area contributed by atoms with E-state index in [0.717, 1.165) is 19.6 Å². The first-order valence-corrected chi connectivity index (χ1v) is 12.3. The number of amides is 1. The summed E-state index contributed by atoms with van der Waals surface area (Å²) in [6.07, 6.45) is 2.94. The van der Waals surface area contributed by atoms with Crippen LogP contribution in [-0.4, -0.2) is 59.9 Å². The first-order chi connectivity index (χ1) is 18.0. The molecule has 2 saturated heterocycles. The Kier molecular flexibility index (Phi) is 7.01. The molecule has 0 spiro atoms. The number of likely N-dealkylation sites (tertiary alicyclic amines) is 2. The quantitative estimate of drug-likeness (QED) is 0.291. The van der Waals surface area contributed by atoms with Crippen molar-refractivity contribution in [2.45, 2.75) is 31.5 Å². The van der Waals surface area contributed by atoms with Gasteiger partial charge < -0.3 is 23.9 Å². The van der Waals surface area contributed by atoms with Crippen LogP contribution in [0.2, 0.25) is 0 Å². The number of carbonyl (C=O) groups excluding carboxylic acids is 2. The molecule has 1 atom stereocenters. The summed E-state index contributed by atoms with van der Waals surface area (Å²) in [5, 5.41) is 11.3. The van der Waals surface area contributed by atoms with Gasteiger partial charge in [-0.15, -0.1) is 0 Å². The van der Waals surface area contributed by atoms with Gasteiger partial charge in [0, 0.05) is 31.2 Å². The fourth-order valence-corrected chi connectivity index (χ4v) is 5.29. The normalized spacial score (nSPS) is 20.4.